The third kappa shape index (κ3) is 5.98. The van der Waals surface area contributed by atoms with Gasteiger partial charge in [0.05, 0.1) is 12.2 Å². The normalized spacial score (nSPS) is 11.6. The quantitative estimate of drug-likeness (QED) is 0.423. The Labute approximate surface area is 159 Å². The minimum atomic E-state index is 0.0712. The molecule has 2 rings (SSSR count). The van der Waals surface area contributed by atoms with Crippen LogP contribution in [0.5, 0.6) is 0 Å². The van der Waals surface area contributed by atoms with Crippen LogP contribution in [0.25, 0.3) is 0 Å². The van der Waals surface area contributed by atoms with Crippen LogP contribution in [0, 0.1) is 20.8 Å². The van der Waals surface area contributed by atoms with E-state index in [0.717, 1.165) is 54.8 Å². The maximum Gasteiger partial charge on any atom is 0.250 e. The highest BCUT2D eigenvalue weighted by Crippen LogP contribution is 2.16. The van der Waals surface area contributed by atoms with Crippen molar-refractivity contribution in [3.8, 4) is 0 Å². The second-order valence-electron chi connectivity index (χ2n) is 6.24. The summed E-state index contributed by atoms with van der Waals surface area (Å²) in [4.78, 5) is 22.2. The molecular weight excluding hydrogens is 346 g/mol. The molecule has 0 radical (unpaired) electrons. The molecule has 26 heavy (non-hydrogen) atoms. The molecule has 0 spiro atoms. The molecule has 6 nitrogen and oxygen atoms in total. The first-order valence-corrected chi connectivity index (χ1v) is 9.94. The first-order chi connectivity index (χ1) is 12.5. The first-order valence-electron chi connectivity index (χ1n) is 9.12. The highest BCUT2D eigenvalue weighted by atomic mass is 32.1. The summed E-state index contributed by atoms with van der Waals surface area (Å²) in [7, 11) is 0. The van der Waals surface area contributed by atoms with Gasteiger partial charge in [0.25, 0.3) is 5.56 Å². The molecule has 142 valence electrons. The molecule has 2 aromatic heterocycles. The van der Waals surface area contributed by atoms with Crippen LogP contribution in [-0.2, 0) is 13.1 Å². The number of hydrogen-bond donors (Lipinski definition) is 2. The van der Waals surface area contributed by atoms with Gasteiger partial charge in [-0.05, 0) is 46.6 Å². The fraction of sp³-hybridized carbons (Fsp3) is 0.526. The molecule has 0 amide bonds. The maximum atomic E-state index is 11.9. The van der Waals surface area contributed by atoms with Crippen molar-refractivity contribution in [3.63, 3.8) is 0 Å². The van der Waals surface area contributed by atoms with Gasteiger partial charge in [-0.25, -0.2) is 9.98 Å². The van der Waals surface area contributed by atoms with Crippen molar-refractivity contribution in [3.05, 3.63) is 49.8 Å². The number of rotatable bonds is 8. The largest absolute Gasteiger partial charge is 0.357 e. The smallest absolute Gasteiger partial charge is 0.250 e. The van der Waals surface area contributed by atoms with Gasteiger partial charge in [0.2, 0.25) is 0 Å². The van der Waals surface area contributed by atoms with Gasteiger partial charge >= 0.3 is 0 Å². The zero-order valence-electron chi connectivity index (χ0n) is 16.1. The molecule has 2 heterocycles. The summed E-state index contributed by atoms with van der Waals surface area (Å²) < 4.78 is 1.83. The van der Waals surface area contributed by atoms with E-state index in [0.29, 0.717) is 6.54 Å². The fourth-order valence-corrected chi connectivity index (χ4v) is 3.47. The van der Waals surface area contributed by atoms with Crippen molar-refractivity contribution in [1.82, 2.24) is 20.2 Å². The Balaban J connectivity index is 1.79. The Morgan fingerprint density at radius 3 is 2.69 bits per heavy atom. The van der Waals surface area contributed by atoms with E-state index in [1.807, 2.05) is 24.5 Å². The Morgan fingerprint density at radius 1 is 1.23 bits per heavy atom. The molecule has 0 aliphatic carbocycles. The number of aromatic nitrogens is 2. The van der Waals surface area contributed by atoms with Crippen LogP contribution >= 0.6 is 11.3 Å². The molecule has 0 aliphatic heterocycles. The molecule has 0 atom stereocenters. The molecule has 7 heteroatoms. The van der Waals surface area contributed by atoms with Gasteiger partial charge < -0.3 is 15.2 Å². The molecule has 0 saturated heterocycles. The highest BCUT2D eigenvalue weighted by molar-refractivity contribution is 7.11. The Hall–Kier alpha value is -2.15. The fourth-order valence-electron chi connectivity index (χ4n) is 2.61. The lowest BCUT2D eigenvalue weighted by molar-refractivity contribution is 0.575. The first kappa shape index (κ1) is 20.2. The Bertz CT molecular complexity index is 774. The van der Waals surface area contributed by atoms with Crippen molar-refractivity contribution in [2.24, 2.45) is 4.99 Å². The summed E-state index contributed by atoms with van der Waals surface area (Å²) in [5.74, 6) is 0.811. The van der Waals surface area contributed by atoms with Crippen molar-refractivity contribution >= 4 is 17.3 Å². The van der Waals surface area contributed by atoms with Crippen LogP contribution in [0.15, 0.2) is 28.0 Å². The molecule has 0 unspecified atom stereocenters. The predicted octanol–water partition coefficient (Wildman–Crippen LogP) is 2.77. The van der Waals surface area contributed by atoms with E-state index in [2.05, 4.69) is 34.5 Å². The Kier molecular flexibility index (Phi) is 7.84. The van der Waals surface area contributed by atoms with Gasteiger partial charge in [0.15, 0.2) is 5.96 Å². The van der Waals surface area contributed by atoms with E-state index in [4.69, 9.17) is 0 Å². The molecule has 0 aromatic carbocycles. The monoisotopic (exact) mass is 375 g/mol. The van der Waals surface area contributed by atoms with Crippen LogP contribution in [0.1, 0.15) is 41.0 Å². The van der Waals surface area contributed by atoms with Gasteiger partial charge in [-0.2, -0.15) is 0 Å². The van der Waals surface area contributed by atoms with Gasteiger partial charge in [0, 0.05) is 36.3 Å². The van der Waals surface area contributed by atoms with Crippen molar-refractivity contribution in [1.29, 1.82) is 0 Å². The molecule has 2 aromatic rings. The highest BCUT2D eigenvalue weighted by Gasteiger charge is 2.04. The number of unbranched alkanes of at least 4 members (excludes halogenated alkanes) is 1. The SMILES string of the molecule is CCNC(=NCc1nc(C)c(C)s1)NCCCCn1c(C)cccc1=O. The second-order valence-corrected chi connectivity index (χ2v) is 7.52. The lowest BCUT2D eigenvalue weighted by Gasteiger charge is -2.12. The number of pyridine rings is 1. The molecule has 0 saturated carbocycles. The molecular formula is C19H29N5OS. The second kappa shape index (κ2) is 10.1. The molecule has 0 bridgehead atoms. The lowest BCUT2D eigenvalue weighted by Crippen LogP contribution is -2.37. The van der Waals surface area contributed by atoms with E-state index in [1.165, 1.54) is 4.88 Å². The number of hydrogen-bond acceptors (Lipinski definition) is 4. The van der Waals surface area contributed by atoms with Crippen LogP contribution in [0.3, 0.4) is 0 Å². The van der Waals surface area contributed by atoms with Crippen molar-refractivity contribution in [2.75, 3.05) is 13.1 Å². The minimum absolute atomic E-state index is 0.0712. The minimum Gasteiger partial charge on any atom is -0.357 e. The topological polar surface area (TPSA) is 71.3 Å². The Morgan fingerprint density at radius 2 is 2.04 bits per heavy atom. The number of nitrogens with zero attached hydrogens (tertiary/aromatic N) is 3. The summed E-state index contributed by atoms with van der Waals surface area (Å²) in [6, 6.07) is 5.39. The molecule has 0 fully saturated rings. The summed E-state index contributed by atoms with van der Waals surface area (Å²) in [6.07, 6.45) is 1.92. The van der Waals surface area contributed by atoms with Gasteiger partial charge in [-0.3, -0.25) is 4.79 Å². The van der Waals surface area contributed by atoms with E-state index in [9.17, 15) is 4.79 Å². The summed E-state index contributed by atoms with van der Waals surface area (Å²) in [6.45, 7) is 11.1. The van der Waals surface area contributed by atoms with Crippen molar-refractivity contribution < 1.29 is 0 Å². The van der Waals surface area contributed by atoms with Crippen molar-refractivity contribution in [2.45, 2.75) is 53.6 Å². The number of thiazole rings is 1. The summed E-state index contributed by atoms with van der Waals surface area (Å²) in [5.41, 5.74) is 2.17. The molecule has 0 aliphatic rings. The average molecular weight is 376 g/mol. The van der Waals surface area contributed by atoms with Crippen LogP contribution in [-0.4, -0.2) is 28.6 Å². The zero-order chi connectivity index (χ0) is 18.9. The third-order valence-corrected chi connectivity index (χ3v) is 5.22. The number of nitrogens with one attached hydrogen (secondary N) is 2. The van der Waals surface area contributed by atoms with Gasteiger partial charge in [-0.1, -0.05) is 6.07 Å². The van der Waals surface area contributed by atoms with Gasteiger partial charge in [0.1, 0.15) is 5.01 Å². The maximum absolute atomic E-state index is 11.9. The standard InChI is InChI=1S/C19H29N5OS/c1-5-20-19(22-13-17-23-15(3)16(4)26-17)21-11-6-7-12-24-14(2)9-8-10-18(24)25/h8-10H,5-7,11-13H2,1-4H3,(H2,20,21,22). The van der Waals surface area contributed by atoms with E-state index in [1.54, 1.807) is 23.5 Å². The average Bonchev–Trinajstić information content (AvgIpc) is 2.92. The van der Waals surface area contributed by atoms with E-state index >= 15 is 0 Å². The van der Waals surface area contributed by atoms with Crippen LogP contribution in [0.4, 0.5) is 0 Å². The van der Waals surface area contributed by atoms with E-state index < -0.39 is 0 Å². The number of aliphatic imine (C=N–C) groups is 1. The summed E-state index contributed by atoms with van der Waals surface area (Å²) >= 11 is 1.70. The lowest BCUT2D eigenvalue weighted by atomic mass is 10.3. The number of aryl methyl sites for hydroxylation is 3. The van der Waals surface area contributed by atoms with Crippen LogP contribution in [0.2, 0.25) is 0 Å². The zero-order valence-corrected chi connectivity index (χ0v) is 16.9. The van der Waals surface area contributed by atoms with Crippen LogP contribution < -0.4 is 16.2 Å². The predicted molar refractivity (Wildman–Crippen MR) is 109 cm³/mol. The molecule has 2 N–H and O–H groups in total. The van der Waals surface area contributed by atoms with E-state index in [-0.39, 0.29) is 5.56 Å². The summed E-state index contributed by atoms with van der Waals surface area (Å²) in [5, 5.41) is 7.66. The number of guanidine groups is 1. The third-order valence-electron chi connectivity index (χ3n) is 4.16. The van der Waals surface area contributed by atoms with Gasteiger partial charge in [-0.15, -0.1) is 11.3 Å².